The molecule has 0 heterocycles. The topological polar surface area (TPSA) is 12.4 Å². The molecule has 2 rings (SSSR count). The molecule has 1 saturated carbocycles. The fourth-order valence-corrected chi connectivity index (χ4v) is 1.73. The Morgan fingerprint density at radius 3 is 2.47 bits per heavy atom. The lowest BCUT2D eigenvalue weighted by molar-refractivity contribution is -0.0584. The highest BCUT2D eigenvalue weighted by Gasteiger charge is 2.40. The first-order valence-corrected chi connectivity index (χ1v) is 5.78. The maximum atomic E-state index is 13.6. The van der Waals surface area contributed by atoms with Crippen molar-refractivity contribution in [3.63, 3.8) is 0 Å². The summed E-state index contributed by atoms with van der Waals surface area (Å²) in [5.41, 5.74) is -1.63. The second-order valence-electron chi connectivity index (χ2n) is 3.81. The third kappa shape index (κ3) is 2.86. The average molecular weight is 310 g/mol. The van der Waals surface area contributed by atoms with Crippen molar-refractivity contribution in [1.82, 2.24) is 0 Å². The Labute approximate surface area is 104 Å². The standard InChI is InChI=1S/C11H8BrF4N/c12-8-3-1-2-7(9(8)13)10(11(14,15)16)17-6-4-5-6/h1-3,6H,4-5H2. The Hall–Kier alpha value is -0.910. The molecule has 0 aliphatic heterocycles. The first-order valence-electron chi connectivity index (χ1n) is 4.99. The Bertz CT molecular complexity index is 463. The number of hydrogen-bond donors (Lipinski definition) is 0. The number of rotatable bonds is 2. The molecule has 0 atom stereocenters. The summed E-state index contributed by atoms with van der Waals surface area (Å²) < 4.78 is 52.0. The predicted octanol–water partition coefficient (Wildman–Crippen LogP) is 4.10. The average Bonchev–Trinajstić information content (AvgIpc) is 3.01. The van der Waals surface area contributed by atoms with E-state index in [0.29, 0.717) is 12.8 Å². The molecule has 1 aliphatic rings. The van der Waals surface area contributed by atoms with Gasteiger partial charge in [0.25, 0.3) is 0 Å². The van der Waals surface area contributed by atoms with Gasteiger partial charge < -0.3 is 0 Å². The van der Waals surface area contributed by atoms with E-state index < -0.39 is 23.3 Å². The van der Waals surface area contributed by atoms with Crippen LogP contribution in [-0.4, -0.2) is 17.9 Å². The lowest BCUT2D eigenvalue weighted by Crippen LogP contribution is -2.26. The molecular weight excluding hydrogens is 302 g/mol. The second-order valence-corrected chi connectivity index (χ2v) is 4.66. The number of alkyl halides is 3. The molecule has 1 aromatic carbocycles. The van der Waals surface area contributed by atoms with Crippen LogP contribution in [0.5, 0.6) is 0 Å². The Morgan fingerprint density at radius 1 is 1.29 bits per heavy atom. The Kier molecular flexibility index (Phi) is 3.25. The van der Waals surface area contributed by atoms with Gasteiger partial charge in [-0.1, -0.05) is 6.07 Å². The maximum absolute atomic E-state index is 13.6. The van der Waals surface area contributed by atoms with Crippen molar-refractivity contribution in [2.24, 2.45) is 4.99 Å². The molecule has 0 aromatic heterocycles. The molecule has 1 aliphatic carbocycles. The van der Waals surface area contributed by atoms with Crippen molar-refractivity contribution >= 4 is 21.6 Å². The highest BCUT2D eigenvalue weighted by Crippen LogP contribution is 2.31. The van der Waals surface area contributed by atoms with Crippen LogP contribution in [0.2, 0.25) is 0 Å². The Balaban J connectivity index is 2.49. The van der Waals surface area contributed by atoms with Crippen LogP contribution in [0.1, 0.15) is 18.4 Å². The highest BCUT2D eigenvalue weighted by atomic mass is 79.9. The van der Waals surface area contributed by atoms with Crippen LogP contribution >= 0.6 is 15.9 Å². The van der Waals surface area contributed by atoms with E-state index in [1.807, 2.05) is 0 Å². The van der Waals surface area contributed by atoms with E-state index in [-0.39, 0.29) is 10.5 Å². The van der Waals surface area contributed by atoms with Crippen LogP contribution in [-0.2, 0) is 0 Å². The normalized spacial score (nSPS) is 17.4. The van der Waals surface area contributed by atoms with E-state index in [9.17, 15) is 17.6 Å². The summed E-state index contributed by atoms with van der Waals surface area (Å²) in [6.07, 6.45) is -3.37. The summed E-state index contributed by atoms with van der Waals surface area (Å²) in [4.78, 5) is 3.56. The molecule has 0 unspecified atom stereocenters. The van der Waals surface area contributed by atoms with Gasteiger partial charge in [0.15, 0.2) is 0 Å². The van der Waals surface area contributed by atoms with Crippen LogP contribution in [0.4, 0.5) is 17.6 Å². The van der Waals surface area contributed by atoms with Crippen molar-refractivity contribution in [1.29, 1.82) is 0 Å². The lowest BCUT2D eigenvalue weighted by Gasteiger charge is -2.12. The van der Waals surface area contributed by atoms with E-state index >= 15 is 0 Å². The van der Waals surface area contributed by atoms with Gasteiger partial charge >= 0.3 is 6.18 Å². The number of benzene rings is 1. The molecule has 1 fully saturated rings. The lowest BCUT2D eigenvalue weighted by atomic mass is 10.1. The van der Waals surface area contributed by atoms with Gasteiger partial charge in [-0.15, -0.1) is 0 Å². The Morgan fingerprint density at radius 2 is 1.94 bits per heavy atom. The van der Waals surface area contributed by atoms with Gasteiger partial charge in [0.2, 0.25) is 0 Å². The van der Waals surface area contributed by atoms with Crippen LogP contribution < -0.4 is 0 Å². The number of nitrogens with zero attached hydrogens (tertiary/aromatic N) is 1. The minimum absolute atomic E-state index is 0.00254. The molecule has 0 bridgehead atoms. The SMILES string of the molecule is Fc1c(Br)cccc1C(=NC1CC1)C(F)(F)F. The third-order valence-corrected chi connectivity index (χ3v) is 2.95. The number of aliphatic imine (C=N–C) groups is 1. The summed E-state index contributed by atoms with van der Waals surface area (Å²) in [7, 11) is 0. The zero-order valence-corrected chi connectivity index (χ0v) is 10.1. The van der Waals surface area contributed by atoms with Crippen molar-refractivity contribution < 1.29 is 17.6 Å². The molecule has 92 valence electrons. The fraction of sp³-hybridized carbons (Fsp3) is 0.364. The van der Waals surface area contributed by atoms with E-state index in [1.165, 1.54) is 12.1 Å². The van der Waals surface area contributed by atoms with E-state index in [0.717, 1.165) is 6.07 Å². The number of hydrogen-bond acceptors (Lipinski definition) is 1. The summed E-state index contributed by atoms with van der Waals surface area (Å²) in [5.74, 6) is -0.927. The van der Waals surface area contributed by atoms with E-state index in [4.69, 9.17) is 0 Å². The van der Waals surface area contributed by atoms with E-state index in [2.05, 4.69) is 20.9 Å². The van der Waals surface area contributed by atoms with Crippen molar-refractivity contribution in [3.05, 3.63) is 34.1 Å². The minimum Gasteiger partial charge on any atom is -0.277 e. The molecule has 0 saturated heterocycles. The molecule has 0 amide bonds. The monoisotopic (exact) mass is 309 g/mol. The van der Waals surface area contributed by atoms with Crippen LogP contribution in [0.15, 0.2) is 27.7 Å². The molecule has 0 radical (unpaired) electrons. The molecule has 17 heavy (non-hydrogen) atoms. The maximum Gasteiger partial charge on any atom is 0.433 e. The van der Waals surface area contributed by atoms with Gasteiger partial charge in [-0.25, -0.2) is 4.39 Å². The summed E-state index contributed by atoms with van der Waals surface area (Å²) in [6.45, 7) is 0. The molecule has 1 nitrogen and oxygen atoms in total. The van der Waals surface area contributed by atoms with Crippen molar-refractivity contribution in [2.75, 3.05) is 0 Å². The van der Waals surface area contributed by atoms with Gasteiger partial charge in [-0.3, -0.25) is 4.99 Å². The predicted molar refractivity (Wildman–Crippen MR) is 59.7 cm³/mol. The van der Waals surface area contributed by atoms with E-state index in [1.54, 1.807) is 0 Å². The van der Waals surface area contributed by atoms with Gasteiger partial charge in [0.1, 0.15) is 11.5 Å². The smallest absolute Gasteiger partial charge is 0.277 e. The number of halogens is 5. The molecule has 6 heteroatoms. The minimum atomic E-state index is -4.63. The van der Waals surface area contributed by atoms with Gasteiger partial charge in [0, 0.05) is 5.56 Å². The summed E-state index contributed by atoms with van der Waals surface area (Å²) in [6, 6.07) is 3.49. The zero-order chi connectivity index (χ0) is 12.6. The van der Waals surface area contributed by atoms with Crippen LogP contribution in [0, 0.1) is 5.82 Å². The van der Waals surface area contributed by atoms with Gasteiger partial charge in [-0.05, 0) is 40.9 Å². The summed E-state index contributed by atoms with van der Waals surface area (Å²) in [5, 5.41) is 0. The quantitative estimate of drug-likeness (QED) is 0.576. The van der Waals surface area contributed by atoms with Crippen LogP contribution in [0.25, 0.3) is 0 Å². The highest BCUT2D eigenvalue weighted by molar-refractivity contribution is 9.10. The molecular formula is C11H8BrF4N. The van der Waals surface area contributed by atoms with Crippen LogP contribution in [0.3, 0.4) is 0 Å². The van der Waals surface area contributed by atoms with Gasteiger partial charge in [-0.2, -0.15) is 13.2 Å². The molecule has 0 spiro atoms. The van der Waals surface area contributed by atoms with Crippen molar-refractivity contribution in [2.45, 2.75) is 25.1 Å². The zero-order valence-electron chi connectivity index (χ0n) is 8.56. The molecule has 0 N–H and O–H groups in total. The third-order valence-electron chi connectivity index (χ3n) is 2.33. The second kappa shape index (κ2) is 4.40. The first-order chi connectivity index (χ1) is 7.89. The largest absolute Gasteiger partial charge is 0.433 e. The first kappa shape index (κ1) is 12.5. The fourth-order valence-electron chi connectivity index (χ4n) is 1.37. The summed E-state index contributed by atoms with van der Waals surface area (Å²) >= 11 is 2.87. The van der Waals surface area contributed by atoms with Crippen molar-refractivity contribution in [3.8, 4) is 0 Å². The molecule has 1 aromatic rings. The van der Waals surface area contributed by atoms with Gasteiger partial charge in [0.05, 0.1) is 10.5 Å².